The van der Waals surface area contributed by atoms with E-state index in [4.69, 9.17) is 4.74 Å². The molecular formula is C17H22N2O4. The summed E-state index contributed by atoms with van der Waals surface area (Å²) in [4.78, 5) is 24.9. The molecule has 2 aliphatic heterocycles. The van der Waals surface area contributed by atoms with Crippen LogP contribution in [0.5, 0.6) is 0 Å². The van der Waals surface area contributed by atoms with Crippen molar-refractivity contribution in [3.05, 3.63) is 24.3 Å². The Hall–Kier alpha value is -2.08. The van der Waals surface area contributed by atoms with Gasteiger partial charge in [0.25, 0.3) is 0 Å². The molecule has 2 saturated heterocycles. The summed E-state index contributed by atoms with van der Waals surface area (Å²) >= 11 is 0. The van der Waals surface area contributed by atoms with E-state index in [2.05, 4.69) is 15.0 Å². The number of carbonyl (C=O) groups excluding carboxylic acids is 2. The number of rotatable bonds is 2. The van der Waals surface area contributed by atoms with E-state index >= 15 is 0 Å². The molecule has 2 aliphatic rings. The minimum Gasteiger partial charge on any atom is -0.462 e. The van der Waals surface area contributed by atoms with Gasteiger partial charge in [0.1, 0.15) is 0 Å². The van der Waals surface area contributed by atoms with E-state index in [1.54, 1.807) is 12.1 Å². The molecule has 1 N–H and O–H groups in total. The number of hydrogen-bond acceptors (Lipinski definition) is 5. The summed E-state index contributed by atoms with van der Waals surface area (Å²) in [6, 6.07) is 7.55. The van der Waals surface area contributed by atoms with Gasteiger partial charge in [-0.2, -0.15) is 0 Å². The first-order chi connectivity index (χ1) is 11.1. The summed E-state index contributed by atoms with van der Waals surface area (Å²) in [6.45, 7) is 3.85. The zero-order valence-corrected chi connectivity index (χ0v) is 13.3. The second-order valence-electron chi connectivity index (χ2n) is 6.28. The molecule has 1 spiro atoms. The number of carbonyl (C=O) groups is 2. The number of benzene rings is 1. The molecule has 0 radical (unpaired) electrons. The Labute approximate surface area is 135 Å². The summed E-state index contributed by atoms with van der Waals surface area (Å²) in [5, 5.41) is 2.51. The maximum atomic E-state index is 11.5. The fourth-order valence-corrected chi connectivity index (χ4v) is 3.31. The molecule has 1 amide bonds. The van der Waals surface area contributed by atoms with E-state index < -0.39 is 11.9 Å². The number of methoxy groups -OCH3 is 1. The van der Waals surface area contributed by atoms with Gasteiger partial charge in [-0.05, 0) is 48.9 Å². The zero-order chi connectivity index (χ0) is 16.3. The fourth-order valence-electron chi connectivity index (χ4n) is 3.31. The average molecular weight is 318 g/mol. The molecule has 6 nitrogen and oxygen atoms in total. The van der Waals surface area contributed by atoms with Crippen LogP contribution < -0.4 is 10.2 Å². The maximum Gasteiger partial charge on any atom is 0.396 e. The Morgan fingerprint density at radius 1 is 1.17 bits per heavy atom. The standard InChI is InChI=1S/C17H22N2O4/c1-22-16(21)15(20)18-13-2-4-14(5-3-13)19-9-6-17(7-10-19)8-11-23-12-17/h2-5H,6-12H2,1H3,(H,18,20). The predicted molar refractivity (Wildman–Crippen MR) is 86.4 cm³/mol. The minimum absolute atomic E-state index is 0.394. The van der Waals surface area contributed by atoms with Crippen molar-refractivity contribution in [3.63, 3.8) is 0 Å². The molecule has 3 rings (SSSR count). The smallest absolute Gasteiger partial charge is 0.396 e. The number of anilines is 2. The van der Waals surface area contributed by atoms with Gasteiger partial charge in [-0.3, -0.25) is 4.79 Å². The van der Waals surface area contributed by atoms with Crippen LogP contribution in [0.4, 0.5) is 11.4 Å². The molecule has 0 aliphatic carbocycles. The van der Waals surface area contributed by atoms with E-state index in [9.17, 15) is 9.59 Å². The molecule has 124 valence electrons. The van der Waals surface area contributed by atoms with Crippen molar-refractivity contribution in [1.82, 2.24) is 0 Å². The molecule has 0 unspecified atom stereocenters. The van der Waals surface area contributed by atoms with Crippen LogP contribution >= 0.6 is 0 Å². The lowest BCUT2D eigenvalue weighted by Gasteiger charge is -2.39. The summed E-state index contributed by atoms with van der Waals surface area (Å²) < 4.78 is 9.94. The average Bonchev–Trinajstić information content (AvgIpc) is 3.03. The third kappa shape index (κ3) is 3.47. The molecule has 1 aromatic carbocycles. The SMILES string of the molecule is COC(=O)C(=O)Nc1ccc(N2CCC3(CCOC3)CC2)cc1. The van der Waals surface area contributed by atoms with Gasteiger partial charge in [-0.25, -0.2) is 4.79 Å². The minimum atomic E-state index is -0.894. The molecule has 0 bridgehead atoms. The van der Waals surface area contributed by atoms with Crippen LogP contribution in [-0.4, -0.2) is 45.3 Å². The van der Waals surface area contributed by atoms with Crippen LogP contribution in [0.15, 0.2) is 24.3 Å². The lowest BCUT2D eigenvalue weighted by atomic mass is 9.78. The van der Waals surface area contributed by atoms with E-state index in [0.29, 0.717) is 11.1 Å². The number of hydrogen-bond donors (Lipinski definition) is 1. The lowest BCUT2D eigenvalue weighted by Crippen LogP contribution is -2.40. The van der Waals surface area contributed by atoms with E-state index in [-0.39, 0.29) is 0 Å². The van der Waals surface area contributed by atoms with Crippen LogP contribution in [0.3, 0.4) is 0 Å². The van der Waals surface area contributed by atoms with Gasteiger partial charge in [0, 0.05) is 31.1 Å². The van der Waals surface area contributed by atoms with Crippen LogP contribution in [0, 0.1) is 5.41 Å². The van der Waals surface area contributed by atoms with Crippen molar-refractivity contribution in [2.45, 2.75) is 19.3 Å². The van der Waals surface area contributed by atoms with Crippen molar-refractivity contribution in [2.24, 2.45) is 5.41 Å². The summed E-state index contributed by atoms with van der Waals surface area (Å²) in [7, 11) is 1.18. The molecule has 2 fully saturated rings. The number of amides is 1. The number of nitrogens with one attached hydrogen (secondary N) is 1. The maximum absolute atomic E-state index is 11.5. The predicted octanol–water partition coefficient (Wildman–Crippen LogP) is 1.80. The van der Waals surface area contributed by atoms with Gasteiger partial charge < -0.3 is 19.7 Å². The van der Waals surface area contributed by atoms with Crippen molar-refractivity contribution in [1.29, 1.82) is 0 Å². The first-order valence-electron chi connectivity index (χ1n) is 7.94. The lowest BCUT2D eigenvalue weighted by molar-refractivity contribution is -0.150. The van der Waals surface area contributed by atoms with Crippen molar-refractivity contribution in [3.8, 4) is 0 Å². The highest BCUT2D eigenvalue weighted by atomic mass is 16.5. The molecule has 0 atom stereocenters. The Kier molecular flexibility index (Phi) is 4.52. The van der Waals surface area contributed by atoms with Crippen LogP contribution in [0.2, 0.25) is 0 Å². The van der Waals surface area contributed by atoms with Crippen molar-refractivity contribution < 1.29 is 19.1 Å². The van der Waals surface area contributed by atoms with Gasteiger partial charge in [-0.15, -0.1) is 0 Å². The zero-order valence-electron chi connectivity index (χ0n) is 13.3. The normalized spacial score (nSPS) is 19.6. The van der Waals surface area contributed by atoms with E-state index in [1.165, 1.54) is 13.5 Å². The topological polar surface area (TPSA) is 67.9 Å². The largest absolute Gasteiger partial charge is 0.462 e. The van der Waals surface area contributed by atoms with E-state index in [1.807, 2.05) is 12.1 Å². The second-order valence-corrected chi connectivity index (χ2v) is 6.28. The number of nitrogens with zero attached hydrogens (tertiary/aromatic N) is 1. The molecule has 0 aromatic heterocycles. The number of esters is 1. The fraction of sp³-hybridized carbons (Fsp3) is 0.529. The summed E-state index contributed by atoms with van der Waals surface area (Å²) in [6.07, 6.45) is 3.50. The highest BCUT2D eigenvalue weighted by Crippen LogP contribution is 2.40. The molecule has 6 heteroatoms. The van der Waals surface area contributed by atoms with Gasteiger partial charge in [-0.1, -0.05) is 0 Å². The summed E-state index contributed by atoms with van der Waals surface area (Å²) in [5.41, 5.74) is 2.11. The highest BCUT2D eigenvalue weighted by Gasteiger charge is 2.37. The first-order valence-corrected chi connectivity index (χ1v) is 7.94. The highest BCUT2D eigenvalue weighted by molar-refractivity contribution is 6.37. The number of ether oxygens (including phenoxy) is 2. The van der Waals surface area contributed by atoms with Crippen LogP contribution in [0.1, 0.15) is 19.3 Å². The second kappa shape index (κ2) is 6.58. The first kappa shape index (κ1) is 15.8. The molecule has 1 aromatic rings. The Morgan fingerprint density at radius 3 is 2.43 bits per heavy atom. The van der Waals surface area contributed by atoms with Crippen LogP contribution in [0.25, 0.3) is 0 Å². The Balaban J connectivity index is 1.57. The third-order valence-electron chi connectivity index (χ3n) is 4.87. The summed E-state index contributed by atoms with van der Waals surface area (Å²) in [5.74, 6) is -1.66. The third-order valence-corrected chi connectivity index (χ3v) is 4.87. The Morgan fingerprint density at radius 2 is 1.87 bits per heavy atom. The monoisotopic (exact) mass is 318 g/mol. The Bertz CT molecular complexity index is 569. The van der Waals surface area contributed by atoms with Crippen molar-refractivity contribution >= 4 is 23.3 Å². The van der Waals surface area contributed by atoms with Gasteiger partial charge in [0.15, 0.2) is 0 Å². The van der Waals surface area contributed by atoms with E-state index in [0.717, 1.165) is 44.8 Å². The molecule has 23 heavy (non-hydrogen) atoms. The quantitative estimate of drug-likeness (QED) is 0.665. The van der Waals surface area contributed by atoms with Crippen LogP contribution in [-0.2, 0) is 19.1 Å². The molecule has 0 saturated carbocycles. The molecular weight excluding hydrogens is 296 g/mol. The van der Waals surface area contributed by atoms with Gasteiger partial charge in [0.2, 0.25) is 0 Å². The van der Waals surface area contributed by atoms with Crippen molar-refractivity contribution in [2.75, 3.05) is 43.6 Å². The molecule has 2 heterocycles. The number of piperidine rings is 1. The van der Waals surface area contributed by atoms with Gasteiger partial charge >= 0.3 is 11.9 Å². The van der Waals surface area contributed by atoms with Gasteiger partial charge in [0.05, 0.1) is 13.7 Å².